The van der Waals surface area contributed by atoms with E-state index in [9.17, 15) is 52.7 Å². The summed E-state index contributed by atoms with van der Waals surface area (Å²) in [6.45, 7) is 9.66. The van der Waals surface area contributed by atoms with E-state index in [1.165, 1.54) is 20.8 Å². The van der Waals surface area contributed by atoms with E-state index >= 15 is 0 Å². The quantitative estimate of drug-likeness (QED) is 0.0169. The Kier molecular flexibility index (Phi) is 28.2. The number of carboxylic acids is 1. The molecule has 0 spiro atoms. The van der Waals surface area contributed by atoms with Gasteiger partial charge in [0.05, 0.1) is 25.6 Å². The van der Waals surface area contributed by atoms with Gasteiger partial charge in [-0.3, -0.25) is 62.7 Å². The van der Waals surface area contributed by atoms with Gasteiger partial charge in [-0.25, -0.2) is 0 Å². The van der Waals surface area contributed by atoms with Crippen LogP contribution in [0.25, 0.3) is 0 Å². The van der Waals surface area contributed by atoms with Crippen molar-refractivity contribution in [2.24, 2.45) is 56.2 Å². The van der Waals surface area contributed by atoms with Gasteiger partial charge in [-0.1, -0.05) is 27.7 Å². The van der Waals surface area contributed by atoms with Crippen LogP contribution in [-0.2, 0) is 52.7 Å². The summed E-state index contributed by atoms with van der Waals surface area (Å²) in [5.74, 6) is -10.9. The summed E-state index contributed by atoms with van der Waals surface area (Å²) in [5, 5.41) is 30.7. The van der Waals surface area contributed by atoms with E-state index in [0.29, 0.717) is 6.42 Å². The molecule has 0 aliphatic carbocycles. The Balaban J connectivity index is 5.69. The van der Waals surface area contributed by atoms with Crippen LogP contribution in [0.4, 0.5) is 0 Å². The SMILES string of the molecule is CC(C)C[C@H](NC(=O)[C@@H](NC(=O)[C@H](C)NC(=O)[C@H](C)NC(=O)[C@H](CCCN=C(N)N)NC(=O)CNC(=O)CNC(=O)[C@@H](N)CCCN=C(N)N)C(C)C)C(=O)N[C@@H](CC(N)=O)C(=O)N[C@@H](C)C(=O)O. The highest BCUT2D eigenvalue weighted by Crippen LogP contribution is 2.10. The van der Waals surface area contributed by atoms with Crippen molar-refractivity contribution in [3.05, 3.63) is 0 Å². The third-order valence-corrected chi connectivity index (χ3v) is 9.63. The molecule has 10 amide bonds. The van der Waals surface area contributed by atoms with Gasteiger partial charge in [-0.2, -0.15) is 0 Å². The number of carboxylic acid groups (broad SMARTS) is 1. The minimum Gasteiger partial charge on any atom is -0.480 e. The zero-order chi connectivity index (χ0) is 53.1. The second kappa shape index (κ2) is 31.6. The lowest BCUT2D eigenvalue weighted by Crippen LogP contribution is -2.60. The van der Waals surface area contributed by atoms with Crippen LogP contribution in [0.2, 0.25) is 0 Å². The minimum atomic E-state index is -1.58. The molecule has 0 fully saturated rings. The molecule has 0 bridgehead atoms. The lowest BCUT2D eigenvalue weighted by molar-refractivity contribution is -0.142. The van der Waals surface area contributed by atoms with Gasteiger partial charge >= 0.3 is 5.97 Å². The summed E-state index contributed by atoms with van der Waals surface area (Å²) in [6, 6.07) is -10.3. The molecular weight excluding hydrogens is 911 g/mol. The summed E-state index contributed by atoms with van der Waals surface area (Å²) in [4.78, 5) is 148. The number of aliphatic carboxylic acids is 1. The van der Waals surface area contributed by atoms with Crippen molar-refractivity contribution in [3.8, 4) is 0 Å². The van der Waals surface area contributed by atoms with Crippen molar-refractivity contribution in [3.63, 3.8) is 0 Å². The Hall–Kier alpha value is -7.33. The highest BCUT2D eigenvalue weighted by atomic mass is 16.4. The number of amides is 10. The molecule has 0 aromatic carbocycles. The summed E-state index contributed by atoms with van der Waals surface area (Å²) >= 11 is 0. The van der Waals surface area contributed by atoms with Crippen LogP contribution < -0.4 is 82.3 Å². The molecule has 29 nitrogen and oxygen atoms in total. The maximum Gasteiger partial charge on any atom is 0.325 e. The first-order valence-corrected chi connectivity index (χ1v) is 22.1. The molecule has 0 aliphatic heterocycles. The van der Waals surface area contributed by atoms with Crippen LogP contribution in [0.3, 0.4) is 0 Å². The second-order valence-electron chi connectivity index (χ2n) is 16.8. The smallest absolute Gasteiger partial charge is 0.325 e. The zero-order valence-corrected chi connectivity index (χ0v) is 40.1. The highest BCUT2D eigenvalue weighted by Gasteiger charge is 2.34. The van der Waals surface area contributed by atoms with Crippen molar-refractivity contribution in [2.45, 2.75) is 135 Å². The summed E-state index contributed by atoms with van der Waals surface area (Å²) in [5.41, 5.74) is 32.3. The fourth-order valence-corrected chi connectivity index (χ4v) is 5.83. The van der Waals surface area contributed by atoms with Gasteiger partial charge in [0.15, 0.2) is 11.9 Å². The van der Waals surface area contributed by atoms with Crippen LogP contribution >= 0.6 is 0 Å². The Morgan fingerprint density at radius 3 is 1.46 bits per heavy atom. The number of rotatable bonds is 32. The predicted octanol–water partition coefficient (Wildman–Crippen LogP) is -7.23. The monoisotopic (exact) mass is 984 g/mol. The van der Waals surface area contributed by atoms with Crippen LogP contribution in [0.15, 0.2) is 9.98 Å². The van der Waals surface area contributed by atoms with E-state index in [4.69, 9.17) is 39.5 Å². The number of hydrogen-bond donors (Lipinski definition) is 16. The van der Waals surface area contributed by atoms with Crippen molar-refractivity contribution in [1.82, 2.24) is 47.9 Å². The Morgan fingerprint density at radius 1 is 0.493 bits per heavy atom. The molecule has 0 unspecified atom stereocenters. The number of aliphatic imine (C=N–C) groups is 2. The Bertz CT molecular complexity index is 1870. The maximum atomic E-state index is 13.6. The molecule has 0 aliphatic rings. The van der Waals surface area contributed by atoms with E-state index in [2.05, 4.69) is 57.8 Å². The van der Waals surface area contributed by atoms with Gasteiger partial charge in [0.2, 0.25) is 59.1 Å². The third-order valence-electron chi connectivity index (χ3n) is 9.63. The van der Waals surface area contributed by atoms with Gasteiger partial charge in [0.1, 0.15) is 42.3 Å². The molecule has 8 atom stereocenters. The molecule has 0 aromatic rings. The van der Waals surface area contributed by atoms with Crippen LogP contribution in [-0.4, -0.2) is 157 Å². The molecular formula is C40H73N17O12. The molecule has 0 saturated heterocycles. The zero-order valence-electron chi connectivity index (χ0n) is 40.1. The Labute approximate surface area is 399 Å². The molecule has 29 heteroatoms. The van der Waals surface area contributed by atoms with E-state index in [0.717, 1.165) is 0 Å². The summed E-state index contributed by atoms with van der Waals surface area (Å²) in [7, 11) is 0. The number of nitrogens with two attached hydrogens (primary N) is 6. The summed E-state index contributed by atoms with van der Waals surface area (Å²) in [6.07, 6.45) is 0.141. The third kappa shape index (κ3) is 26.6. The number of hydrogen-bond acceptors (Lipinski definition) is 14. The van der Waals surface area contributed by atoms with Crippen LogP contribution in [0.1, 0.15) is 87.0 Å². The van der Waals surface area contributed by atoms with Crippen molar-refractivity contribution in [2.75, 3.05) is 26.2 Å². The highest BCUT2D eigenvalue weighted by molar-refractivity contribution is 5.98. The average Bonchev–Trinajstić information content (AvgIpc) is 3.24. The maximum absolute atomic E-state index is 13.6. The number of nitrogens with one attached hydrogen (secondary N) is 9. The minimum absolute atomic E-state index is 0.0275. The van der Waals surface area contributed by atoms with Gasteiger partial charge in [0.25, 0.3) is 0 Å². The first-order valence-electron chi connectivity index (χ1n) is 22.1. The normalized spacial score (nSPS) is 14.3. The summed E-state index contributed by atoms with van der Waals surface area (Å²) < 4.78 is 0. The number of nitrogens with zero attached hydrogens (tertiary/aromatic N) is 2. The average molecular weight is 984 g/mol. The predicted molar refractivity (Wildman–Crippen MR) is 250 cm³/mol. The Morgan fingerprint density at radius 2 is 0.957 bits per heavy atom. The molecule has 390 valence electrons. The lowest BCUT2D eigenvalue weighted by Gasteiger charge is -2.28. The molecule has 0 heterocycles. The molecule has 22 N–H and O–H groups in total. The van der Waals surface area contributed by atoms with E-state index < -0.39 is 139 Å². The largest absolute Gasteiger partial charge is 0.480 e. The number of carbonyl (C=O) groups is 11. The fraction of sp³-hybridized carbons (Fsp3) is 0.675. The van der Waals surface area contributed by atoms with E-state index in [1.54, 1.807) is 27.7 Å². The molecule has 0 rings (SSSR count). The lowest BCUT2D eigenvalue weighted by atomic mass is 9.99. The molecule has 69 heavy (non-hydrogen) atoms. The van der Waals surface area contributed by atoms with Gasteiger partial charge in [-0.05, 0) is 64.7 Å². The standard InChI is InChI=1S/C40H73N17O12/c1-18(2)14-25(36(66)55-26(15-27(42)58)35(65)53-22(7)38(68)69)56-37(67)30(19(3)4)57-32(62)21(6)51-31(61)20(5)52-34(64)24(11-9-13-48-40(45)46)54-29(60)17-49-28(59)16-50-33(63)23(41)10-8-12-47-39(43)44/h18-26,30H,8-17,41H2,1-7H3,(H2,42,58)(H,49,59)(H,50,63)(H,51,61)(H,52,64)(H,53,65)(H,54,60)(H,55,66)(H,56,67)(H,57,62)(H,68,69)(H4,43,44,47)(H4,45,46,48)/t20-,21-,22-,23-,24-,25-,26-,30-/m0/s1. The first kappa shape index (κ1) is 61.7. The van der Waals surface area contributed by atoms with Crippen molar-refractivity contribution in [1.29, 1.82) is 0 Å². The van der Waals surface area contributed by atoms with Crippen molar-refractivity contribution >= 4 is 77.0 Å². The fourth-order valence-electron chi connectivity index (χ4n) is 5.83. The van der Waals surface area contributed by atoms with Gasteiger partial charge < -0.3 is 87.4 Å². The molecule has 0 saturated carbocycles. The topological polar surface area (TPSA) is 497 Å². The van der Waals surface area contributed by atoms with Crippen LogP contribution in [0.5, 0.6) is 0 Å². The van der Waals surface area contributed by atoms with Gasteiger partial charge in [0, 0.05) is 13.1 Å². The number of carbonyl (C=O) groups excluding carboxylic acids is 10. The van der Waals surface area contributed by atoms with Crippen LogP contribution in [0, 0.1) is 11.8 Å². The van der Waals surface area contributed by atoms with Crippen molar-refractivity contribution < 1.29 is 57.8 Å². The number of guanidine groups is 2. The van der Waals surface area contributed by atoms with E-state index in [-0.39, 0.29) is 56.6 Å². The number of primary amides is 1. The second-order valence-corrected chi connectivity index (χ2v) is 16.8. The van der Waals surface area contributed by atoms with Gasteiger partial charge in [-0.15, -0.1) is 0 Å². The molecule has 0 radical (unpaired) electrons. The van der Waals surface area contributed by atoms with E-state index in [1.807, 2.05) is 0 Å². The molecule has 0 aromatic heterocycles. The first-order chi connectivity index (χ1) is 32.0.